The van der Waals surface area contributed by atoms with Crippen LogP contribution in [0.5, 0.6) is 0 Å². The van der Waals surface area contributed by atoms with E-state index in [0.29, 0.717) is 0 Å². The normalized spacial score (nSPS) is 12.6. The summed E-state index contributed by atoms with van der Waals surface area (Å²) in [4.78, 5) is 0. The second-order valence-corrected chi connectivity index (χ2v) is 15.1. The minimum Gasteiger partial charge on any atom is -0.0616 e. The topological polar surface area (TPSA) is 0 Å². The van der Waals surface area contributed by atoms with Gasteiger partial charge in [0.1, 0.15) is 0 Å². The van der Waals surface area contributed by atoms with Gasteiger partial charge in [0.05, 0.1) is 0 Å². The van der Waals surface area contributed by atoms with E-state index in [4.69, 9.17) is 0 Å². The van der Waals surface area contributed by atoms with Crippen molar-refractivity contribution in [2.75, 3.05) is 0 Å². The van der Waals surface area contributed by atoms with Crippen molar-refractivity contribution in [3.05, 3.63) is 145 Å². The van der Waals surface area contributed by atoms with E-state index in [9.17, 15) is 0 Å². The van der Waals surface area contributed by atoms with E-state index in [1.165, 1.54) is 87.2 Å². The molecule has 0 atom stereocenters. The molecular weight excluding hydrogens is 553 g/mol. The molecule has 8 rings (SSSR count). The Kier molecular flexibility index (Phi) is 6.38. The molecule has 0 saturated carbocycles. The summed E-state index contributed by atoms with van der Waals surface area (Å²) in [7, 11) is 0. The van der Waals surface area contributed by atoms with Gasteiger partial charge < -0.3 is 0 Å². The monoisotopic (exact) mass is 592 g/mol. The minimum absolute atomic E-state index is 0.0270. The van der Waals surface area contributed by atoms with Crippen molar-refractivity contribution in [1.29, 1.82) is 0 Å². The first-order chi connectivity index (χ1) is 22.1. The Morgan fingerprint density at radius 1 is 0.304 bits per heavy atom. The highest BCUT2D eigenvalue weighted by molar-refractivity contribution is 6.23. The highest BCUT2D eigenvalue weighted by atomic mass is 14.3. The first kappa shape index (κ1) is 28.5. The molecule has 0 heteroatoms. The Morgan fingerprint density at radius 2 is 0.761 bits per heavy atom. The molecule has 0 aliphatic carbocycles. The number of benzene rings is 8. The van der Waals surface area contributed by atoms with Gasteiger partial charge in [-0.05, 0) is 122 Å². The zero-order chi connectivity index (χ0) is 31.8. The van der Waals surface area contributed by atoms with Crippen LogP contribution in [0.4, 0.5) is 0 Å². The predicted octanol–water partition coefficient (Wildman–Crippen LogP) is 13.4. The lowest BCUT2D eigenvalue weighted by atomic mass is 9.79. The zero-order valence-electron chi connectivity index (χ0n) is 27.7. The van der Waals surface area contributed by atoms with Gasteiger partial charge in [-0.1, -0.05) is 151 Å². The van der Waals surface area contributed by atoms with Crippen LogP contribution in [-0.4, -0.2) is 0 Å². The van der Waals surface area contributed by atoms with Crippen molar-refractivity contribution >= 4 is 53.9 Å². The van der Waals surface area contributed by atoms with Crippen LogP contribution in [-0.2, 0) is 10.8 Å². The molecule has 0 saturated heterocycles. The quantitative estimate of drug-likeness (QED) is 0.138. The van der Waals surface area contributed by atoms with Gasteiger partial charge in [0.25, 0.3) is 0 Å². The molecule has 0 nitrogen and oxygen atoms in total. The molecule has 46 heavy (non-hydrogen) atoms. The first-order valence-corrected chi connectivity index (χ1v) is 16.5. The Bertz CT molecular complexity index is 2480. The van der Waals surface area contributed by atoms with Crippen molar-refractivity contribution in [2.45, 2.75) is 52.4 Å². The Labute approximate surface area is 272 Å². The van der Waals surface area contributed by atoms with Gasteiger partial charge in [0, 0.05) is 0 Å². The summed E-state index contributed by atoms with van der Waals surface area (Å²) in [5.74, 6) is 0. The second-order valence-electron chi connectivity index (χ2n) is 15.1. The predicted molar refractivity (Wildman–Crippen MR) is 202 cm³/mol. The fourth-order valence-corrected chi connectivity index (χ4v) is 7.29. The smallest absolute Gasteiger partial charge is 0.00260 e. The Morgan fingerprint density at radius 3 is 1.35 bits per heavy atom. The van der Waals surface area contributed by atoms with Crippen LogP contribution < -0.4 is 0 Å². The zero-order valence-corrected chi connectivity index (χ0v) is 27.7. The van der Waals surface area contributed by atoms with Crippen molar-refractivity contribution in [2.24, 2.45) is 0 Å². The lowest BCUT2D eigenvalue weighted by Gasteiger charge is -2.25. The van der Waals surface area contributed by atoms with Crippen LogP contribution in [0.1, 0.15) is 52.7 Å². The third kappa shape index (κ3) is 4.67. The van der Waals surface area contributed by atoms with Gasteiger partial charge in [-0.25, -0.2) is 0 Å². The minimum atomic E-state index is 0.0270. The molecule has 0 fully saturated rings. The molecule has 8 aromatic carbocycles. The van der Waals surface area contributed by atoms with E-state index < -0.39 is 0 Å². The van der Waals surface area contributed by atoms with Crippen molar-refractivity contribution in [1.82, 2.24) is 0 Å². The summed E-state index contributed by atoms with van der Waals surface area (Å²) in [6.07, 6.45) is 0. The first-order valence-electron chi connectivity index (χ1n) is 16.5. The summed E-state index contributed by atoms with van der Waals surface area (Å²) in [6, 6.07) is 50.4. The molecule has 0 aliphatic heterocycles. The van der Waals surface area contributed by atoms with Gasteiger partial charge in [-0.3, -0.25) is 0 Å². The Hall–Kier alpha value is -4.94. The molecule has 0 unspecified atom stereocenters. The van der Waals surface area contributed by atoms with Gasteiger partial charge in [-0.15, -0.1) is 0 Å². The van der Waals surface area contributed by atoms with Crippen LogP contribution in [0, 0.1) is 0 Å². The van der Waals surface area contributed by atoms with E-state index in [-0.39, 0.29) is 10.8 Å². The highest BCUT2D eigenvalue weighted by Crippen LogP contribution is 2.47. The van der Waals surface area contributed by atoms with Crippen LogP contribution >= 0.6 is 0 Å². The standard InChI is InChI=1S/C46H40/c1-45(2,3)35-22-24-39-41(27-35)43(33-19-15-29-11-7-8-13-32(29)25-33)38-23-21-36(46(4,5)6)28-42(38)44(39)34-20-18-31-17-16-30-12-9-10-14-37(30)40(31)26-34/h7-28H,1-6H3. The van der Waals surface area contributed by atoms with Crippen LogP contribution in [0.25, 0.3) is 76.1 Å². The third-order valence-corrected chi connectivity index (χ3v) is 9.92. The molecule has 0 spiro atoms. The largest absolute Gasteiger partial charge is 0.0616 e. The average molecular weight is 593 g/mol. The van der Waals surface area contributed by atoms with Gasteiger partial charge >= 0.3 is 0 Å². The van der Waals surface area contributed by atoms with Crippen molar-refractivity contribution in [3.63, 3.8) is 0 Å². The summed E-state index contributed by atoms with van der Waals surface area (Å²) in [6.45, 7) is 13.9. The SMILES string of the molecule is CC(C)(C)c1ccc2c(-c3ccc4ccc5ccccc5c4c3)c3cc(C(C)(C)C)ccc3c(-c3ccc4ccccc4c3)c2c1. The number of rotatable bonds is 2. The van der Waals surface area contributed by atoms with E-state index in [1.807, 2.05) is 0 Å². The van der Waals surface area contributed by atoms with Gasteiger partial charge in [0.2, 0.25) is 0 Å². The molecule has 0 heterocycles. The molecule has 0 aliphatic rings. The molecule has 0 N–H and O–H groups in total. The van der Waals surface area contributed by atoms with Crippen LogP contribution in [0.15, 0.2) is 133 Å². The lowest BCUT2D eigenvalue weighted by molar-refractivity contribution is 0.590. The van der Waals surface area contributed by atoms with Crippen molar-refractivity contribution < 1.29 is 0 Å². The fourth-order valence-electron chi connectivity index (χ4n) is 7.29. The summed E-state index contributed by atoms with van der Waals surface area (Å²) < 4.78 is 0. The number of hydrogen-bond donors (Lipinski definition) is 0. The molecule has 0 radical (unpaired) electrons. The van der Waals surface area contributed by atoms with E-state index in [0.717, 1.165) is 0 Å². The maximum Gasteiger partial charge on any atom is -0.00260 e. The molecule has 224 valence electrons. The number of fused-ring (bicyclic) bond motifs is 6. The lowest BCUT2D eigenvalue weighted by Crippen LogP contribution is -2.11. The third-order valence-electron chi connectivity index (χ3n) is 9.92. The Balaban J connectivity index is 1.55. The van der Waals surface area contributed by atoms with E-state index in [1.54, 1.807) is 0 Å². The van der Waals surface area contributed by atoms with Gasteiger partial charge in [0.15, 0.2) is 0 Å². The van der Waals surface area contributed by atoms with E-state index in [2.05, 4.69) is 175 Å². The fraction of sp³-hybridized carbons (Fsp3) is 0.174. The van der Waals surface area contributed by atoms with Crippen LogP contribution in [0.3, 0.4) is 0 Å². The molecule has 8 aromatic rings. The molecule has 0 amide bonds. The molecule has 0 aromatic heterocycles. The van der Waals surface area contributed by atoms with Gasteiger partial charge in [-0.2, -0.15) is 0 Å². The van der Waals surface area contributed by atoms with Crippen LogP contribution in [0.2, 0.25) is 0 Å². The second kappa shape index (κ2) is 10.3. The summed E-state index contributed by atoms with van der Waals surface area (Å²) in [5, 5.41) is 12.9. The molecule has 0 bridgehead atoms. The summed E-state index contributed by atoms with van der Waals surface area (Å²) >= 11 is 0. The molecular formula is C46H40. The summed E-state index contributed by atoms with van der Waals surface area (Å²) in [5.41, 5.74) is 7.91. The highest BCUT2D eigenvalue weighted by Gasteiger charge is 2.23. The number of hydrogen-bond acceptors (Lipinski definition) is 0. The maximum atomic E-state index is 2.47. The van der Waals surface area contributed by atoms with Crippen molar-refractivity contribution in [3.8, 4) is 22.3 Å². The van der Waals surface area contributed by atoms with E-state index >= 15 is 0 Å². The average Bonchev–Trinajstić information content (AvgIpc) is 3.05. The maximum absolute atomic E-state index is 2.47.